The molecule has 0 aliphatic heterocycles. The summed E-state index contributed by atoms with van der Waals surface area (Å²) in [6, 6.07) is 0. The summed E-state index contributed by atoms with van der Waals surface area (Å²) < 4.78 is 0. The summed E-state index contributed by atoms with van der Waals surface area (Å²) in [7, 11) is 0. The van der Waals surface area contributed by atoms with Gasteiger partial charge in [-0.2, -0.15) is 5.10 Å². The van der Waals surface area contributed by atoms with Gasteiger partial charge in [-0.1, -0.05) is 0 Å². The second-order valence-electron chi connectivity index (χ2n) is 2.21. The molecular formula is C6H7ClN4O2. The number of amides is 2. The van der Waals surface area contributed by atoms with Crippen LogP contribution in [0.3, 0.4) is 0 Å². The van der Waals surface area contributed by atoms with Gasteiger partial charge in [0.2, 0.25) is 5.91 Å². The third kappa shape index (κ3) is 2.19. The van der Waals surface area contributed by atoms with E-state index in [0.717, 1.165) is 0 Å². The Kier molecular flexibility index (Phi) is 2.86. The van der Waals surface area contributed by atoms with E-state index in [0.29, 0.717) is 0 Å². The van der Waals surface area contributed by atoms with Gasteiger partial charge in [0.25, 0.3) is 5.91 Å². The van der Waals surface area contributed by atoms with Crippen molar-refractivity contribution in [1.82, 2.24) is 15.5 Å². The van der Waals surface area contributed by atoms with E-state index in [9.17, 15) is 9.59 Å². The minimum Gasteiger partial charge on any atom is -0.396 e. The van der Waals surface area contributed by atoms with Gasteiger partial charge in [0, 0.05) is 0 Å². The molecule has 0 aromatic carbocycles. The molecule has 2 amide bonds. The van der Waals surface area contributed by atoms with Gasteiger partial charge in [-0.3, -0.25) is 20.0 Å². The van der Waals surface area contributed by atoms with E-state index in [-0.39, 0.29) is 17.3 Å². The Morgan fingerprint density at radius 2 is 2.38 bits per heavy atom. The first-order valence-electron chi connectivity index (χ1n) is 3.34. The van der Waals surface area contributed by atoms with E-state index < -0.39 is 11.8 Å². The number of halogens is 1. The van der Waals surface area contributed by atoms with Crippen LogP contribution in [-0.2, 0) is 4.79 Å². The number of H-pyrrole nitrogens is 1. The molecule has 0 spiro atoms. The standard InChI is InChI=1S/C6H7ClN4O2/c7-1-4(12)10-6(13)5-3(8)2-9-11-5/h2H,1,8H2,(H,9,11)(H,10,12,13). The van der Waals surface area contributed by atoms with Crippen molar-refractivity contribution in [3.63, 3.8) is 0 Å². The van der Waals surface area contributed by atoms with Crippen LogP contribution in [0.15, 0.2) is 6.20 Å². The minimum absolute atomic E-state index is 0.0541. The fourth-order valence-corrected chi connectivity index (χ4v) is 0.767. The van der Waals surface area contributed by atoms with Crippen LogP contribution in [0.4, 0.5) is 5.69 Å². The number of imide groups is 1. The lowest BCUT2D eigenvalue weighted by Crippen LogP contribution is -2.32. The maximum Gasteiger partial charge on any atom is 0.278 e. The Labute approximate surface area is 78.4 Å². The molecule has 1 rings (SSSR count). The molecule has 0 atom stereocenters. The lowest BCUT2D eigenvalue weighted by molar-refractivity contribution is -0.117. The zero-order valence-electron chi connectivity index (χ0n) is 6.50. The van der Waals surface area contributed by atoms with E-state index in [1.807, 2.05) is 5.32 Å². The van der Waals surface area contributed by atoms with Crippen molar-refractivity contribution in [2.24, 2.45) is 0 Å². The first-order chi connectivity index (χ1) is 6.15. The Hall–Kier alpha value is -1.56. The maximum atomic E-state index is 11.2. The van der Waals surface area contributed by atoms with Crippen LogP contribution in [0.2, 0.25) is 0 Å². The van der Waals surface area contributed by atoms with Gasteiger partial charge in [0.1, 0.15) is 11.6 Å². The fourth-order valence-electron chi connectivity index (χ4n) is 0.700. The summed E-state index contributed by atoms with van der Waals surface area (Å²) in [5, 5.41) is 7.88. The lowest BCUT2D eigenvalue weighted by atomic mass is 10.3. The summed E-state index contributed by atoms with van der Waals surface area (Å²) in [6.07, 6.45) is 1.28. The number of hydrogen-bond acceptors (Lipinski definition) is 4. The highest BCUT2D eigenvalue weighted by molar-refractivity contribution is 6.29. The number of nitrogens with zero attached hydrogens (tertiary/aromatic N) is 1. The topological polar surface area (TPSA) is 101 Å². The SMILES string of the molecule is Nc1cn[nH]c1C(=O)NC(=O)CCl. The van der Waals surface area contributed by atoms with Crippen LogP contribution in [0.25, 0.3) is 0 Å². The highest BCUT2D eigenvalue weighted by Gasteiger charge is 2.13. The van der Waals surface area contributed by atoms with Crippen molar-refractivity contribution >= 4 is 29.1 Å². The molecular weight excluding hydrogens is 196 g/mol. The van der Waals surface area contributed by atoms with Gasteiger partial charge in [-0.05, 0) is 0 Å². The van der Waals surface area contributed by atoms with Crippen molar-refractivity contribution in [2.45, 2.75) is 0 Å². The molecule has 1 aromatic rings. The molecule has 0 fully saturated rings. The second kappa shape index (κ2) is 3.90. The zero-order valence-corrected chi connectivity index (χ0v) is 7.26. The summed E-state index contributed by atoms with van der Waals surface area (Å²) in [6.45, 7) is 0. The Morgan fingerprint density at radius 3 is 2.85 bits per heavy atom. The van der Waals surface area contributed by atoms with Gasteiger partial charge in [-0.25, -0.2) is 0 Å². The van der Waals surface area contributed by atoms with Crippen LogP contribution in [-0.4, -0.2) is 27.9 Å². The molecule has 6 nitrogen and oxygen atoms in total. The number of rotatable bonds is 2. The predicted molar refractivity (Wildman–Crippen MR) is 46.2 cm³/mol. The second-order valence-corrected chi connectivity index (χ2v) is 2.48. The number of nitrogen functional groups attached to an aromatic ring is 1. The number of carbonyl (C=O) groups is 2. The van der Waals surface area contributed by atoms with Crippen LogP contribution in [0.1, 0.15) is 10.5 Å². The van der Waals surface area contributed by atoms with E-state index >= 15 is 0 Å². The molecule has 0 saturated heterocycles. The number of nitrogens with one attached hydrogen (secondary N) is 2. The van der Waals surface area contributed by atoms with Crippen LogP contribution >= 0.6 is 11.6 Å². The van der Waals surface area contributed by atoms with E-state index in [1.54, 1.807) is 0 Å². The molecule has 1 aromatic heterocycles. The van der Waals surface area contributed by atoms with Gasteiger partial charge < -0.3 is 5.73 Å². The third-order valence-electron chi connectivity index (χ3n) is 1.27. The van der Waals surface area contributed by atoms with Gasteiger partial charge >= 0.3 is 0 Å². The number of nitrogens with two attached hydrogens (primary N) is 1. The molecule has 7 heteroatoms. The van der Waals surface area contributed by atoms with Crippen molar-refractivity contribution in [3.8, 4) is 0 Å². The van der Waals surface area contributed by atoms with E-state index in [2.05, 4.69) is 10.2 Å². The van der Waals surface area contributed by atoms with Crippen molar-refractivity contribution in [3.05, 3.63) is 11.9 Å². The molecule has 1 heterocycles. The Morgan fingerprint density at radius 1 is 1.69 bits per heavy atom. The average Bonchev–Trinajstić information content (AvgIpc) is 2.51. The van der Waals surface area contributed by atoms with Crippen LogP contribution < -0.4 is 11.1 Å². The van der Waals surface area contributed by atoms with Crippen molar-refractivity contribution in [1.29, 1.82) is 0 Å². The summed E-state index contributed by atoms with van der Waals surface area (Å²) in [5.74, 6) is -1.50. The Bertz CT molecular complexity index is 335. The minimum atomic E-state index is -0.638. The predicted octanol–water partition coefficient (Wildman–Crippen LogP) is -0.513. The summed E-state index contributed by atoms with van der Waals surface area (Å²) in [5.41, 5.74) is 5.59. The number of hydrogen-bond donors (Lipinski definition) is 3. The molecule has 0 saturated carbocycles. The molecule has 0 radical (unpaired) electrons. The normalized spacial score (nSPS) is 9.62. The monoisotopic (exact) mass is 202 g/mol. The van der Waals surface area contributed by atoms with Crippen molar-refractivity contribution < 1.29 is 9.59 Å². The zero-order chi connectivity index (χ0) is 9.84. The number of anilines is 1. The fraction of sp³-hybridized carbons (Fsp3) is 0.167. The van der Waals surface area contributed by atoms with Gasteiger partial charge in [0.05, 0.1) is 11.9 Å². The van der Waals surface area contributed by atoms with Gasteiger partial charge in [0.15, 0.2) is 0 Å². The van der Waals surface area contributed by atoms with Crippen LogP contribution in [0, 0.1) is 0 Å². The Balaban J connectivity index is 2.69. The van der Waals surface area contributed by atoms with Gasteiger partial charge in [-0.15, -0.1) is 11.6 Å². The number of aromatic nitrogens is 2. The molecule has 0 aliphatic carbocycles. The summed E-state index contributed by atoms with van der Waals surface area (Å²) >= 11 is 5.18. The molecule has 0 unspecified atom stereocenters. The number of carbonyl (C=O) groups excluding carboxylic acids is 2. The van der Waals surface area contributed by atoms with E-state index in [4.69, 9.17) is 17.3 Å². The highest BCUT2D eigenvalue weighted by atomic mass is 35.5. The molecule has 70 valence electrons. The smallest absolute Gasteiger partial charge is 0.278 e. The number of aromatic amines is 1. The molecule has 0 aliphatic rings. The quantitative estimate of drug-likeness (QED) is 0.562. The lowest BCUT2D eigenvalue weighted by Gasteiger charge is -1.99. The molecule has 4 N–H and O–H groups in total. The highest BCUT2D eigenvalue weighted by Crippen LogP contribution is 2.04. The van der Waals surface area contributed by atoms with E-state index in [1.165, 1.54) is 6.20 Å². The molecule has 0 bridgehead atoms. The summed E-state index contributed by atoms with van der Waals surface area (Å²) in [4.78, 5) is 21.8. The molecule has 13 heavy (non-hydrogen) atoms. The third-order valence-corrected chi connectivity index (χ3v) is 1.51. The first-order valence-corrected chi connectivity index (χ1v) is 3.87. The first kappa shape index (κ1) is 9.53. The largest absolute Gasteiger partial charge is 0.396 e. The maximum absolute atomic E-state index is 11.2. The average molecular weight is 203 g/mol. The van der Waals surface area contributed by atoms with Crippen LogP contribution in [0.5, 0.6) is 0 Å². The number of alkyl halides is 1. The van der Waals surface area contributed by atoms with Crippen molar-refractivity contribution in [2.75, 3.05) is 11.6 Å².